The van der Waals surface area contributed by atoms with Crippen LogP contribution in [0.1, 0.15) is 25.5 Å². The van der Waals surface area contributed by atoms with E-state index in [0.717, 1.165) is 36.6 Å². The average Bonchev–Trinajstić information content (AvgIpc) is 2.85. The van der Waals surface area contributed by atoms with Crippen LogP contribution in [0.25, 0.3) is 0 Å². The number of aryl methyl sites for hydroxylation is 1. The number of carboxylic acid groups (broad SMARTS) is 1. The molecule has 1 saturated heterocycles. The average molecular weight is 226 g/mol. The van der Waals surface area contributed by atoms with Gasteiger partial charge in [0.05, 0.1) is 5.69 Å². The van der Waals surface area contributed by atoms with Gasteiger partial charge in [0.1, 0.15) is 6.04 Å². The van der Waals surface area contributed by atoms with E-state index in [9.17, 15) is 4.79 Å². The van der Waals surface area contributed by atoms with E-state index in [-0.39, 0.29) is 6.04 Å². The monoisotopic (exact) mass is 226 g/mol. The fraction of sp³-hybridized carbons (Fsp3) is 0.600. The van der Waals surface area contributed by atoms with Crippen LogP contribution in [0.3, 0.4) is 0 Å². The molecule has 15 heavy (non-hydrogen) atoms. The van der Waals surface area contributed by atoms with Crippen LogP contribution < -0.4 is 4.90 Å². The lowest BCUT2D eigenvalue weighted by Gasteiger charge is -2.19. The van der Waals surface area contributed by atoms with Crippen molar-refractivity contribution in [2.75, 3.05) is 11.4 Å². The summed E-state index contributed by atoms with van der Waals surface area (Å²) in [7, 11) is 0. The second-order valence-corrected chi connectivity index (χ2v) is 4.50. The summed E-state index contributed by atoms with van der Waals surface area (Å²) in [6, 6.07) is -0.374. The van der Waals surface area contributed by atoms with Gasteiger partial charge in [-0.15, -0.1) is 11.3 Å². The summed E-state index contributed by atoms with van der Waals surface area (Å²) in [4.78, 5) is 17.3. The van der Waals surface area contributed by atoms with Crippen molar-refractivity contribution in [1.29, 1.82) is 0 Å². The van der Waals surface area contributed by atoms with E-state index in [1.54, 1.807) is 11.3 Å². The molecule has 1 aliphatic heterocycles. The van der Waals surface area contributed by atoms with Crippen molar-refractivity contribution >= 4 is 22.4 Å². The molecule has 1 unspecified atom stereocenters. The molecule has 0 spiro atoms. The van der Waals surface area contributed by atoms with Crippen LogP contribution in [0.4, 0.5) is 5.13 Å². The summed E-state index contributed by atoms with van der Waals surface area (Å²) in [5.41, 5.74) is 1.05. The van der Waals surface area contributed by atoms with Crippen LogP contribution >= 0.6 is 11.3 Å². The number of thiazole rings is 1. The van der Waals surface area contributed by atoms with E-state index in [2.05, 4.69) is 11.9 Å². The maximum absolute atomic E-state index is 11.0. The number of rotatable bonds is 3. The molecule has 4 nitrogen and oxygen atoms in total. The van der Waals surface area contributed by atoms with Crippen LogP contribution in [0.2, 0.25) is 0 Å². The number of aliphatic carboxylic acids is 1. The van der Waals surface area contributed by atoms with Gasteiger partial charge in [-0.25, -0.2) is 9.78 Å². The van der Waals surface area contributed by atoms with Gasteiger partial charge in [-0.05, 0) is 19.3 Å². The van der Waals surface area contributed by atoms with Crippen molar-refractivity contribution in [2.45, 2.75) is 32.2 Å². The minimum Gasteiger partial charge on any atom is -0.480 e. The quantitative estimate of drug-likeness (QED) is 0.853. The van der Waals surface area contributed by atoms with Crippen LogP contribution in [0, 0.1) is 0 Å². The van der Waals surface area contributed by atoms with E-state index in [0.29, 0.717) is 0 Å². The van der Waals surface area contributed by atoms with E-state index >= 15 is 0 Å². The molecule has 0 aliphatic carbocycles. The summed E-state index contributed by atoms with van der Waals surface area (Å²) in [6.07, 6.45) is 2.58. The molecule has 1 aromatic rings. The first-order valence-electron chi connectivity index (χ1n) is 5.16. The molecule has 0 radical (unpaired) electrons. The lowest BCUT2D eigenvalue weighted by Crippen LogP contribution is -2.35. The first kappa shape index (κ1) is 10.4. The first-order valence-corrected chi connectivity index (χ1v) is 6.04. The van der Waals surface area contributed by atoms with Gasteiger partial charge < -0.3 is 10.0 Å². The summed E-state index contributed by atoms with van der Waals surface area (Å²) >= 11 is 1.54. The van der Waals surface area contributed by atoms with E-state index in [4.69, 9.17) is 5.11 Å². The van der Waals surface area contributed by atoms with Crippen molar-refractivity contribution in [2.24, 2.45) is 0 Å². The highest BCUT2D eigenvalue weighted by atomic mass is 32.1. The Morgan fingerprint density at radius 2 is 2.60 bits per heavy atom. The van der Waals surface area contributed by atoms with Gasteiger partial charge >= 0.3 is 5.97 Å². The molecule has 1 aromatic heterocycles. The topological polar surface area (TPSA) is 53.4 Å². The van der Waals surface area contributed by atoms with E-state index in [1.165, 1.54) is 0 Å². The Morgan fingerprint density at radius 3 is 3.20 bits per heavy atom. The highest BCUT2D eigenvalue weighted by Gasteiger charge is 2.32. The summed E-state index contributed by atoms with van der Waals surface area (Å²) < 4.78 is 0. The highest BCUT2D eigenvalue weighted by molar-refractivity contribution is 7.13. The largest absolute Gasteiger partial charge is 0.480 e. The number of hydrogen-bond acceptors (Lipinski definition) is 4. The fourth-order valence-corrected chi connectivity index (χ4v) is 2.83. The van der Waals surface area contributed by atoms with Gasteiger partial charge in [0.15, 0.2) is 5.13 Å². The SMILES string of the molecule is CCc1csc(N2CCCC2C(=O)O)n1. The van der Waals surface area contributed by atoms with Gasteiger partial charge in [0, 0.05) is 11.9 Å². The lowest BCUT2D eigenvalue weighted by molar-refractivity contribution is -0.138. The Hall–Kier alpha value is -1.10. The number of nitrogens with zero attached hydrogens (tertiary/aromatic N) is 2. The second kappa shape index (κ2) is 4.18. The van der Waals surface area contributed by atoms with Gasteiger partial charge in [-0.2, -0.15) is 0 Å². The predicted octanol–water partition coefficient (Wildman–Crippen LogP) is 1.76. The first-order chi connectivity index (χ1) is 7.22. The molecule has 82 valence electrons. The predicted molar refractivity (Wildman–Crippen MR) is 59.5 cm³/mol. The van der Waals surface area contributed by atoms with E-state index < -0.39 is 5.97 Å². The Labute approximate surface area is 92.6 Å². The van der Waals surface area contributed by atoms with Gasteiger partial charge in [0.25, 0.3) is 0 Å². The molecule has 0 aromatic carbocycles. The standard InChI is InChI=1S/C10H14N2O2S/c1-2-7-6-15-10(11-7)12-5-3-4-8(12)9(13)14/h6,8H,2-5H2,1H3,(H,13,14). The molecule has 0 amide bonds. The fourth-order valence-electron chi connectivity index (χ4n) is 1.84. The third-order valence-corrected chi connectivity index (χ3v) is 3.61. The normalized spacial score (nSPS) is 20.9. The third kappa shape index (κ3) is 1.97. The lowest BCUT2D eigenvalue weighted by atomic mass is 10.2. The zero-order valence-corrected chi connectivity index (χ0v) is 9.46. The highest BCUT2D eigenvalue weighted by Crippen LogP contribution is 2.28. The van der Waals surface area contributed by atoms with Gasteiger partial charge in [-0.3, -0.25) is 0 Å². The van der Waals surface area contributed by atoms with Crippen molar-refractivity contribution in [3.63, 3.8) is 0 Å². The van der Waals surface area contributed by atoms with Crippen LogP contribution in [0.5, 0.6) is 0 Å². The molecule has 5 heteroatoms. The number of carboxylic acids is 1. The summed E-state index contributed by atoms with van der Waals surface area (Å²) in [5, 5.41) is 11.9. The Bertz CT molecular complexity index is 364. The number of anilines is 1. The zero-order chi connectivity index (χ0) is 10.8. The number of aromatic nitrogens is 1. The Kier molecular flexibility index (Phi) is 2.90. The molecule has 0 bridgehead atoms. The van der Waals surface area contributed by atoms with Crippen LogP contribution in [0.15, 0.2) is 5.38 Å². The molecule has 1 N–H and O–H groups in total. The van der Waals surface area contributed by atoms with Gasteiger partial charge in [0.2, 0.25) is 0 Å². The Morgan fingerprint density at radius 1 is 1.80 bits per heavy atom. The molecule has 1 aliphatic rings. The van der Waals surface area contributed by atoms with Crippen LogP contribution in [-0.2, 0) is 11.2 Å². The molecular formula is C10H14N2O2S. The molecule has 1 atom stereocenters. The summed E-state index contributed by atoms with van der Waals surface area (Å²) in [6.45, 7) is 2.87. The molecule has 2 heterocycles. The molecule has 0 saturated carbocycles. The maximum atomic E-state index is 11.0. The van der Waals surface area contributed by atoms with E-state index in [1.807, 2.05) is 10.3 Å². The number of hydrogen-bond donors (Lipinski definition) is 1. The van der Waals surface area contributed by atoms with Gasteiger partial charge in [-0.1, -0.05) is 6.92 Å². The minimum absolute atomic E-state index is 0.374. The van der Waals surface area contributed by atoms with Crippen molar-refractivity contribution in [3.05, 3.63) is 11.1 Å². The Balaban J connectivity index is 2.18. The smallest absolute Gasteiger partial charge is 0.326 e. The molecular weight excluding hydrogens is 212 g/mol. The molecule has 2 rings (SSSR count). The van der Waals surface area contributed by atoms with Crippen LogP contribution in [-0.4, -0.2) is 28.6 Å². The zero-order valence-electron chi connectivity index (χ0n) is 8.64. The van der Waals surface area contributed by atoms with Crippen molar-refractivity contribution in [1.82, 2.24) is 4.98 Å². The summed E-state index contributed by atoms with van der Waals surface area (Å²) in [5.74, 6) is -0.735. The second-order valence-electron chi connectivity index (χ2n) is 3.66. The van der Waals surface area contributed by atoms with Crippen molar-refractivity contribution < 1.29 is 9.90 Å². The minimum atomic E-state index is -0.735. The number of carbonyl (C=O) groups is 1. The van der Waals surface area contributed by atoms with Crippen molar-refractivity contribution in [3.8, 4) is 0 Å². The maximum Gasteiger partial charge on any atom is 0.326 e. The molecule has 1 fully saturated rings. The third-order valence-electron chi connectivity index (χ3n) is 2.69.